The largest absolute Gasteiger partial charge is 0.409 e. The van der Waals surface area contributed by atoms with E-state index < -0.39 is 4.92 Å². The summed E-state index contributed by atoms with van der Waals surface area (Å²) in [7, 11) is 0. The van der Waals surface area contributed by atoms with Gasteiger partial charge in [-0.15, -0.1) is 5.10 Å². The van der Waals surface area contributed by atoms with Gasteiger partial charge in [0.25, 0.3) is 10.5 Å². The van der Waals surface area contributed by atoms with E-state index in [4.69, 9.17) is 16.6 Å². The van der Waals surface area contributed by atoms with Crippen molar-refractivity contribution in [3.63, 3.8) is 0 Å². The molecule has 0 unspecified atom stereocenters. The summed E-state index contributed by atoms with van der Waals surface area (Å²) in [5, 5.41) is 15.4. The fraction of sp³-hybridized carbons (Fsp3) is 0.263. The Morgan fingerprint density at radius 3 is 2.55 bits per heavy atom. The van der Waals surface area contributed by atoms with Crippen molar-refractivity contribution < 1.29 is 13.7 Å². The maximum absolute atomic E-state index is 13.1. The van der Waals surface area contributed by atoms with Crippen molar-refractivity contribution in [2.24, 2.45) is 0 Å². The first kappa shape index (κ1) is 19.2. The Kier molecular flexibility index (Phi) is 5.36. The second-order valence-electron chi connectivity index (χ2n) is 6.70. The van der Waals surface area contributed by atoms with Crippen LogP contribution < -0.4 is 4.90 Å². The topological polar surface area (TPSA) is 80.6 Å². The van der Waals surface area contributed by atoms with Crippen LogP contribution in [0, 0.1) is 20.8 Å². The smallest absolute Gasteiger partial charge is 0.288 e. The number of nitro benzene ring substituents is 1. The zero-order valence-electron chi connectivity index (χ0n) is 15.4. The number of hydrogen-bond acceptors (Lipinski definition) is 7. The molecule has 0 amide bonds. The lowest BCUT2D eigenvalue weighted by Crippen LogP contribution is -2.46. The Labute approximate surface area is 170 Å². The van der Waals surface area contributed by atoms with Crippen molar-refractivity contribution in [2.75, 3.05) is 31.1 Å². The molecule has 0 radical (unpaired) electrons. The number of nitro groups is 1. The quantitative estimate of drug-likeness (QED) is 0.357. The van der Waals surface area contributed by atoms with Crippen LogP contribution in [0.25, 0.3) is 11.5 Å². The number of halogens is 1. The predicted octanol–water partition coefficient (Wildman–Crippen LogP) is 3.70. The molecule has 0 bridgehead atoms. The molecular formula is C19H18FN5O3S. The molecule has 3 aromatic rings. The summed E-state index contributed by atoms with van der Waals surface area (Å²) < 4.78 is 20.2. The van der Waals surface area contributed by atoms with Gasteiger partial charge >= 0.3 is 0 Å². The van der Waals surface area contributed by atoms with Crippen LogP contribution in [-0.4, -0.2) is 45.8 Å². The molecule has 0 atom stereocenters. The minimum Gasteiger partial charge on any atom is -0.409 e. The number of anilines is 1. The molecule has 1 aliphatic rings. The van der Waals surface area contributed by atoms with Gasteiger partial charge in [0.15, 0.2) is 0 Å². The van der Waals surface area contributed by atoms with Gasteiger partial charge in [-0.1, -0.05) is 6.07 Å². The molecule has 4 rings (SSSR count). The minimum atomic E-state index is -0.463. The van der Waals surface area contributed by atoms with E-state index in [1.807, 2.05) is 0 Å². The molecule has 0 aliphatic carbocycles. The van der Waals surface area contributed by atoms with Crippen LogP contribution in [0.3, 0.4) is 0 Å². The monoisotopic (exact) mass is 415 g/mol. The van der Waals surface area contributed by atoms with Gasteiger partial charge in [-0.05, 0) is 42.5 Å². The summed E-state index contributed by atoms with van der Waals surface area (Å²) in [5.74, 6) is 0.0102. The Hall–Kier alpha value is -3.11. The molecule has 1 saturated heterocycles. The Bertz CT molecular complexity index is 1070. The van der Waals surface area contributed by atoms with Crippen molar-refractivity contribution in [3.8, 4) is 11.5 Å². The average molecular weight is 415 g/mol. The van der Waals surface area contributed by atoms with E-state index in [-0.39, 0.29) is 22.2 Å². The summed E-state index contributed by atoms with van der Waals surface area (Å²) in [6, 6.07) is 12.6. The number of benzene rings is 2. The van der Waals surface area contributed by atoms with E-state index >= 15 is 0 Å². The molecule has 0 saturated carbocycles. The number of piperazine rings is 1. The van der Waals surface area contributed by atoms with Gasteiger partial charge in [0.1, 0.15) is 5.82 Å². The first-order valence-corrected chi connectivity index (χ1v) is 9.46. The molecular weight excluding hydrogens is 397 g/mol. The van der Waals surface area contributed by atoms with Gasteiger partial charge in [-0.2, -0.15) is 0 Å². The molecule has 2 heterocycles. The summed E-state index contributed by atoms with van der Waals surface area (Å²) in [5.41, 5.74) is 1.47. The zero-order chi connectivity index (χ0) is 20.4. The Morgan fingerprint density at radius 2 is 1.86 bits per heavy atom. The Balaban J connectivity index is 1.42. The second kappa shape index (κ2) is 8.10. The fourth-order valence-corrected chi connectivity index (χ4v) is 3.43. The number of rotatable bonds is 5. The van der Waals surface area contributed by atoms with Gasteiger partial charge < -0.3 is 9.32 Å². The highest BCUT2D eigenvalue weighted by Crippen LogP contribution is 2.23. The van der Waals surface area contributed by atoms with Crippen LogP contribution in [0.1, 0.15) is 0 Å². The van der Waals surface area contributed by atoms with Crippen LogP contribution in [0.5, 0.6) is 0 Å². The number of aromatic nitrogens is 2. The van der Waals surface area contributed by atoms with E-state index in [1.165, 1.54) is 24.3 Å². The van der Waals surface area contributed by atoms with Crippen molar-refractivity contribution in [2.45, 2.75) is 6.67 Å². The Morgan fingerprint density at radius 1 is 1.14 bits per heavy atom. The van der Waals surface area contributed by atoms with Crippen LogP contribution in [0.2, 0.25) is 0 Å². The molecule has 0 N–H and O–H groups in total. The molecule has 0 spiro atoms. The van der Waals surface area contributed by atoms with Crippen LogP contribution in [0.15, 0.2) is 52.9 Å². The van der Waals surface area contributed by atoms with Gasteiger partial charge in [0.05, 0.1) is 11.6 Å². The van der Waals surface area contributed by atoms with Crippen molar-refractivity contribution in [1.29, 1.82) is 0 Å². The van der Waals surface area contributed by atoms with Crippen LogP contribution in [-0.2, 0) is 6.67 Å². The molecule has 2 aromatic carbocycles. The zero-order valence-corrected chi connectivity index (χ0v) is 16.2. The van der Waals surface area contributed by atoms with Gasteiger partial charge in [-0.3, -0.25) is 15.0 Å². The summed E-state index contributed by atoms with van der Waals surface area (Å²) in [6.07, 6.45) is 0. The average Bonchev–Trinajstić information content (AvgIpc) is 3.10. The summed E-state index contributed by atoms with van der Waals surface area (Å²) in [4.78, 5) is 15.1. The fourth-order valence-electron chi connectivity index (χ4n) is 3.25. The molecule has 8 nitrogen and oxygen atoms in total. The maximum atomic E-state index is 13.1. The number of hydrogen-bond donors (Lipinski definition) is 0. The van der Waals surface area contributed by atoms with Gasteiger partial charge in [-0.25, -0.2) is 9.07 Å². The first-order chi connectivity index (χ1) is 14.0. The highest BCUT2D eigenvalue weighted by molar-refractivity contribution is 7.71. The first-order valence-electron chi connectivity index (χ1n) is 9.05. The third-order valence-electron chi connectivity index (χ3n) is 4.81. The summed E-state index contributed by atoms with van der Waals surface area (Å²) >= 11 is 5.26. The number of nitrogens with zero attached hydrogens (tertiary/aromatic N) is 5. The van der Waals surface area contributed by atoms with E-state index in [0.29, 0.717) is 12.2 Å². The highest BCUT2D eigenvalue weighted by Gasteiger charge is 2.19. The van der Waals surface area contributed by atoms with Crippen molar-refractivity contribution >= 4 is 23.6 Å². The normalized spacial score (nSPS) is 14.9. The standard InChI is InChI=1S/C19H18FN5O3S/c20-15-4-6-16(7-5-15)23-10-8-22(9-11-23)13-24-19(29)28-18(21-24)14-2-1-3-17(12-14)25(26)27/h1-7,12H,8-11,13H2. The third kappa shape index (κ3) is 4.33. The lowest BCUT2D eigenvalue weighted by atomic mass is 10.2. The molecule has 29 heavy (non-hydrogen) atoms. The van der Waals surface area contributed by atoms with E-state index in [0.717, 1.165) is 31.9 Å². The second-order valence-corrected chi connectivity index (χ2v) is 7.05. The van der Waals surface area contributed by atoms with E-state index in [1.54, 1.807) is 28.9 Å². The maximum Gasteiger partial charge on any atom is 0.288 e. The molecule has 150 valence electrons. The van der Waals surface area contributed by atoms with Crippen LogP contribution >= 0.6 is 12.2 Å². The SMILES string of the molecule is O=[N+]([O-])c1cccc(-c2nn(CN3CCN(c4ccc(F)cc4)CC3)c(=S)o2)c1. The summed E-state index contributed by atoms with van der Waals surface area (Å²) in [6.45, 7) is 3.65. The van der Waals surface area contributed by atoms with Crippen molar-refractivity contribution in [3.05, 3.63) is 69.3 Å². The molecule has 1 aliphatic heterocycles. The predicted molar refractivity (Wildman–Crippen MR) is 108 cm³/mol. The minimum absolute atomic E-state index is 0.0323. The molecule has 1 aromatic heterocycles. The van der Waals surface area contributed by atoms with E-state index in [2.05, 4.69) is 14.9 Å². The molecule has 1 fully saturated rings. The highest BCUT2D eigenvalue weighted by atomic mass is 32.1. The van der Waals surface area contributed by atoms with Crippen molar-refractivity contribution in [1.82, 2.24) is 14.7 Å². The van der Waals surface area contributed by atoms with Crippen LogP contribution in [0.4, 0.5) is 15.8 Å². The van der Waals surface area contributed by atoms with Gasteiger partial charge in [0, 0.05) is 49.6 Å². The lowest BCUT2D eigenvalue weighted by Gasteiger charge is -2.35. The lowest BCUT2D eigenvalue weighted by molar-refractivity contribution is -0.384. The molecule has 10 heteroatoms. The van der Waals surface area contributed by atoms with Gasteiger partial charge in [0.2, 0.25) is 5.89 Å². The van der Waals surface area contributed by atoms with E-state index in [9.17, 15) is 14.5 Å². The number of non-ortho nitro benzene ring substituents is 1. The third-order valence-corrected chi connectivity index (χ3v) is 5.10.